The summed E-state index contributed by atoms with van der Waals surface area (Å²) < 4.78 is 1.73. The maximum absolute atomic E-state index is 11.6. The number of aromatic amines is 1. The van der Waals surface area contributed by atoms with Gasteiger partial charge in [0, 0.05) is 18.6 Å². The second-order valence-corrected chi connectivity index (χ2v) is 3.79. The zero-order valence-corrected chi connectivity index (χ0v) is 9.21. The summed E-state index contributed by atoms with van der Waals surface area (Å²) >= 11 is 0. The molecule has 3 aromatic rings. The molecule has 0 amide bonds. The zero-order valence-electron chi connectivity index (χ0n) is 9.21. The summed E-state index contributed by atoms with van der Waals surface area (Å²) in [7, 11) is 1.84. The molecule has 0 bridgehead atoms. The summed E-state index contributed by atoms with van der Waals surface area (Å²) in [6.45, 7) is 0. The van der Waals surface area contributed by atoms with Gasteiger partial charge in [-0.2, -0.15) is 10.2 Å². The van der Waals surface area contributed by atoms with E-state index in [-0.39, 0.29) is 5.56 Å². The van der Waals surface area contributed by atoms with Crippen LogP contribution in [0.4, 0.5) is 0 Å². The van der Waals surface area contributed by atoms with Gasteiger partial charge in [-0.25, -0.2) is 5.10 Å². The van der Waals surface area contributed by atoms with Gasteiger partial charge < -0.3 is 0 Å². The maximum atomic E-state index is 11.6. The molecular formula is C12H10N4O. The first-order valence-electron chi connectivity index (χ1n) is 5.23. The molecule has 0 fully saturated rings. The Morgan fingerprint density at radius 1 is 1.18 bits per heavy atom. The number of aromatic nitrogens is 4. The summed E-state index contributed by atoms with van der Waals surface area (Å²) in [5, 5.41) is 12.2. The summed E-state index contributed by atoms with van der Waals surface area (Å²) in [4.78, 5) is 11.6. The van der Waals surface area contributed by atoms with Crippen molar-refractivity contribution >= 4 is 10.8 Å². The Kier molecular flexibility index (Phi) is 2.04. The molecule has 0 saturated carbocycles. The molecule has 1 aromatic carbocycles. The Labute approximate surface area is 96.7 Å². The van der Waals surface area contributed by atoms with Crippen molar-refractivity contribution in [3.63, 3.8) is 0 Å². The van der Waals surface area contributed by atoms with Gasteiger partial charge in [0.2, 0.25) is 0 Å². The summed E-state index contributed by atoms with van der Waals surface area (Å²) in [5.41, 5.74) is 1.43. The van der Waals surface area contributed by atoms with Crippen LogP contribution in [0.1, 0.15) is 0 Å². The van der Waals surface area contributed by atoms with Gasteiger partial charge >= 0.3 is 0 Å². The molecule has 0 spiro atoms. The lowest BCUT2D eigenvalue weighted by Crippen LogP contribution is -2.10. The molecule has 17 heavy (non-hydrogen) atoms. The molecule has 1 N–H and O–H groups in total. The van der Waals surface area contributed by atoms with E-state index in [1.165, 1.54) is 0 Å². The minimum Gasteiger partial charge on any atom is -0.267 e. The lowest BCUT2D eigenvalue weighted by molar-refractivity contribution is 0.771. The van der Waals surface area contributed by atoms with Crippen molar-refractivity contribution in [2.45, 2.75) is 0 Å². The molecule has 0 unspecified atom stereocenters. The fourth-order valence-electron chi connectivity index (χ4n) is 1.92. The van der Waals surface area contributed by atoms with Crippen LogP contribution in [0.3, 0.4) is 0 Å². The van der Waals surface area contributed by atoms with E-state index in [1.807, 2.05) is 31.3 Å². The Balaban J connectivity index is 2.43. The van der Waals surface area contributed by atoms with Crippen LogP contribution in [0.5, 0.6) is 0 Å². The van der Waals surface area contributed by atoms with Gasteiger partial charge in [-0.3, -0.25) is 9.48 Å². The topological polar surface area (TPSA) is 63.6 Å². The van der Waals surface area contributed by atoms with E-state index in [1.54, 1.807) is 16.9 Å². The Hall–Kier alpha value is -2.43. The molecule has 0 aliphatic heterocycles. The standard InChI is InChI=1S/C12H10N4O/c1-16-10(6-7-13-16)11-8-4-2-3-5-9(8)12(17)15-14-11/h2-7H,1H3,(H,15,17). The third kappa shape index (κ3) is 1.44. The van der Waals surface area contributed by atoms with Crippen molar-refractivity contribution < 1.29 is 0 Å². The normalized spacial score (nSPS) is 10.9. The minimum absolute atomic E-state index is 0.175. The van der Waals surface area contributed by atoms with E-state index < -0.39 is 0 Å². The quantitative estimate of drug-likeness (QED) is 0.680. The van der Waals surface area contributed by atoms with E-state index in [4.69, 9.17) is 0 Å². The molecule has 0 aliphatic carbocycles. The summed E-state index contributed by atoms with van der Waals surface area (Å²) in [6.07, 6.45) is 1.71. The van der Waals surface area contributed by atoms with Crippen LogP contribution in [-0.2, 0) is 7.05 Å². The van der Waals surface area contributed by atoms with Crippen molar-refractivity contribution in [1.82, 2.24) is 20.0 Å². The maximum Gasteiger partial charge on any atom is 0.272 e. The lowest BCUT2D eigenvalue weighted by Gasteiger charge is -2.04. The Morgan fingerprint density at radius 2 is 1.94 bits per heavy atom. The largest absolute Gasteiger partial charge is 0.272 e. The molecule has 0 saturated heterocycles. The molecule has 84 valence electrons. The average molecular weight is 226 g/mol. The number of nitrogens with one attached hydrogen (secondary N) is 1. The van der Waals surface area contributed by atoms with E-state index >= 15 is 0 Å². The van der Waals surface area contributed by atoms with Crippen molar-refractivity contribution in [3.05, 3.63) is 46.9 Å². The summed E-state index contributed by atoms with van der Waals surface area (Å²) in [5.74, 6) is 0. The van der Waals surface area contributed by atoms with Crippen LogP contribution in [-0.4, -0.2) is 20.0 Å². The SMILES string of the molecule is Cn1nccc1-c1n[nH]c(=O)c2ccccc12. The Bertz CT molecular complexity index is 741. The van der Waals surface area contributed by atoms with Crippen LogP contribution in [0.2, 0.25) is 0 Å². The molecule has 5 heteroatoms. The lowest BCUT2D eigenvalue weighted by atomic mass is 10.1. The smallest absolute Gasteiger partial charge is 0.267 e. The van der Waals surface area contributed by atoms with E-state index in [0.717, 1.165) is 16.8 Å². The van der Waals surface area contributed by atoms with E-state index in [2.05, 4.69) is 15.3 Å². The molecule has 3 rings (SSSR count). The first kappa shape index (κ1) is 9.77. The van der Waals surface area contributed by atoms with Gasteiger partial charge in [-0.05, 0) is 12.1 Å². The predicted octanol–water partition coefficient (Wildman–Crippen LogP) is 1.32. The number of nitrogens with zero attached hydrogens (tertiary/aromatic N) is 3. The van der Waals surface area contributed by atoms with Gasteiger partial charge in [-0.1, -0.05) is 18.2 Å². The molecule has 0 atom stereocenters. The number of H-pyrrole nitrogens is 1. The van der Waals surface area contributed by atoms with Crippen LogP contribution < -0.4 is 5.56 Å². The number of rotatable bonds is 1. The van der Waals surface area contributed by atoms with Gasteiger partial charge in [0.25, 0.3) is 5.56 Å². The molecule has 0 radical (unpaired) electrons. The van der Waals surface area contributed by atoms with E-state index in [0.29, 0.717) is 5.39 Å². The van der Waals surface area contributed by atoms with Gasteiger partial charge in [0.15, 0.2) is 0 Å². The molecular weight excluding hydrogens is 216 g/mol. The van der Waals surface area contributed by atoms with Gasteiger partial charge in [-0.15, -0.1) is 0 Å². The third-order valence-electron chi connectivity index (χ3n) is 2.76. The van der Waals surface area contributed by atoms with Crippen molar-refractivity contribution in [1.29, 1.82) is 0 Å². The predicted molar refractivity (Wildman–Crippen MR) is 64.6 cm³/mol. The first-order chi connectivity index (χ1) is 8.27. The van der Waals surface area contributed by atoms with Crippen LogP contribution in [0.15, 0.2) is 41.3 Å². The first-order valence-corrected chi connectivity index (χ1v) is 5.23. The van der Waals surface area contributed by atoms with E-state index in [9.17, 15) is 4.79 Å². The minimum atomic E-state index is -0.175. The Morgan fingerprint density at radius 3 is 2.65 bits per heavy atom. The highest BCUT2D eigenvalue weighted by molar-refractivity contribution is 5.92. The second-order valence-electron chi connectivity index (χ2n) is 3.79. The fraction of sp³-hybridized carbons (Fsp3) is 0.0833. The second kappa shape index (κ2) is 3.55. The zero-order chi connectivity index (χ0) is 11.8. The molecule has 0 aliphatic rings. The monoisotopic (exact) mass is 226 g/mol. The van der Waals surface area contributed by atoms with Crippen molar-refractivity contribution in [3.8, 4) is 11.4 Å². The number of benzene rings is 1. The van der Waals surface area contributed by atoms with Crippen molar-refractivity contribution in [2.24, 2.45) is 7.05 Å². The highest BCUT2D eigenvalue weighted by atomic mass is 16.1. The van der Waals surface area contributed by atoms with Crippen LogP contribution >= 0.6 is 0 Å². The highest BCUT2D eigenvalue weighted by Gasteiger charge is 2.10. The van der Waals surface area contributed by atoms with Crippen LogP contribution in [0, 0.1) is 0 Å². The number of hydrogen-bond acceptors (Lipinski definition) is 3. The van der Waals surface area contributed by atoms with Gasteiger partial charge in [0.05, 0.1) is 11.1 Å². The third-order valence-corrected chi connectivity index (χ3v) is 2.76. The molecule has 2 heterocycles. The van der Waals surface area contributed by atoms with Crippen LogP contribution in [0.25, 0.3) is 22.2 Å². The number of fused-ring (bicyclic) bond motifs is 1. The number of hydrogen-bond donors (Lipinski definition) is 1. The molecule has 2 aromatic heterocycles. The molecule has 5 nitrogen and oxygen atoms in total. The fourth-order valence-corrected chi connectivity index (χ4v) is 1.92. The van der Waals surface area contributed by atoms with Crippen molar-refractivity contribution in [2.75, 3.05) is 0 Å². The summed E-state index contributed by atoms with van der Waals surface area (Å²) in [6, 6.07) is 9.27. The highest BCUT2D eigenvalue weighted by Crippen LogP contribution is 2.22. The average Bonchev–Trinajstić information content (AvgIpc) is 2.77. The van der Waals surface area contributed by atoms with Gasteiger partial charge in [0.1, 0.15) is 5.69 Å². The number of aryl methyl sites for hydroxylation is 1.